The molecule has 1 aliphatic carbocycles. The van der Waals surface area contributed by atoms with E-state index in [1.165, 1.54) is 0 Å². The zero-order valence-electron chi connectivity index (χ0n) is 11.7. The van der Waals surface area contributed by atoms with E-state index in [-0.39, 0.29) is 24.2 Å². The lowest BCUT2D eigenvalue weighted by Crippen LogP contribution is -2.43. The summed E-state index contributed by atoms with van der Waals surface area (Å²) in [6, 6.07) is 0.249. The molecule has 1 aromatic rings. The van der Waals surface area contributed by atoms with Crippen molar-refractivity contribution in [2.24, 2.45) is 5.41 Å². The van der Waals surface area contributed by atoms with Gasteiger partial charge in [-0.1, -0.05) is 18.1 Å². The van der Waals surface area contributed by atoms with Gasteiger partial charge in [-0.15, -0.1) is 5.10 Å². The van der Waals surface area contributed by atoms with E-state index < -0.39 is 11.4 Å². The molecule has 0 aromatic carbocycles. The number of carboxylic acids is 1. The number of nitrogens with zero attached hydrogens (tertiary/aromatic N) is 3. The first-order chi connectivity index (χ1) is 10.1. The minimum absolute atomic E-state index is 0.152. The van der Waals surface area contributed by atoms with E-state index in [1.54, 1.807) is 10.9 Å². The summed E-state index contributed by atoms with van der Waals surface area (Å²) in [5, 5.41) is 23.0. The largest absolute Gasteiger partial charge is 0.481 e. The molecule has 2 fully saturated rings. The summed E-state index contributed by atoms with van der Waals surface area (Å²) in [6.45, 7) is 1.80. The molecule has 21 heavy (non-hydrogen) atoms. The number of hydrogen-bond acceptors (Lipinski definition) is 5. The van der Waals surface area contributed by atoms with Gasteiger partial charge in [-0.05, 0) is 12.8 Å². The molecule has 0 unspecified atom stereocenters. The molecule has 114 valence electrons. The molecule has 2 heterocycles. The number of aromatic nitrogens is 3. The van der Waals surface area contributed by atoms with Crippen LogP contribution in [0.3, 0.4) is 0 Å². The van der Waals surface area contributed by atoms with Gasteiger partial charge in [-0.3, -0.25) is 9.59 Å². The topological polar surface area (TPSA) is 109 Å². The lowest BCUT2D eigenvalue weighted by Gasteiger charge is -2.26. The van der Waals surface area contributed by atoms with Crippen LogP contribution in [0.4, 0.5) is 0 Å². The number of carbonyl (C=O) groups is 2. The first kappa shape index (κ1) is 14.0. The molecule has 0 spiro atoms. The number of carbonyl (C=O) groups excluding carboxylic acids is 1. The summed E-state index contributed by atoms with van der Waals surface area (Å²) in [5.41, 5.74) is -0.579. The van der Waals surface area contributed by atoms with Crippen LogP contribution in [-0.2, 0) is 4.79 Å². The zero-order chi connectivity index (χ0) is 14.9. The van der Waals surface area contributed by atoms with Crippen LogP contribution < -0.4 is 10.6 Å². The molecular weight excluding hydrogens is 274 g/mol. The van der Waals surface area contributed by atoms with Gasteiger partial charge in [0, 0.05) is 19.6 Å². The van der Waals surface area contributed by atoms with Crippen molar-refractivity contribution >= 4 is 11.9 Å². The summed E-state index contributed by atoms with van der Waals surface area (Å²) in [5.74, 6) is -1.19. The fourth-order valence-electron chi connectivity index (χ4n) is 2.88. The minimum atomic E-state index is -0.829. The molecule has 8 nitrogen and oxygen atoms in total. The van der Waals surface area contributed by atoms with Gasteiger partial charge in [0.15, 0.2) is 5.69 Å². The third kappa shape index (κ3) is 2.63. The second-order valence-electron chi connectivity index (χ2n) is 5.87. The van der Waals surface area contributed by atoms with E-state index in [9.17, 15) is 14.7 Å². The average molecular weight is 293 g/mol. The Hall–Kier alpha value is -1.96. The lowest BCUT2D eigenvalue weighted by atomic mass is 9.86. The van der Waals surface area contributed by atoms with Gasteiger partial charge >= 0.3 is 5.97 Å². The van der Waals surface area contributed by atoms with Crippen LogP contribution >= 0.6 is 0 Å². The summed E-state index contributed by atoms with van der Waals surface area (Å²) in [6.07, 6.45) is 4.63. The van der Waals surface area contributed by atoms with Gasteiger partial charge in [-0.25, -0.2) is 4.68 Å². The molecule has 0 bridgehead atoms. The maximum Gasteiger partial charge on any atom is 0.311 e. The van der Waals surface area contributed by atoms with Crippen molar-refractivity contribution < 1.29 is 14.7 Å². The highest BCUT2D eigenvalue weighted by Crippen LogP contribution is 2.37. The van der Waals surface area contributed by atoms with Gasteiger partial charge in [-0.2, -0.15) is 0 Å². The van der Waals surface area contributed by atoms with E-state index in [4.69, 9.17) is 0 Å². The zero-order valence-corrected chi connectivity index (χ0v) is 11.7. The molecule has 8 heteroatoms. The Morgan fingerprint density at radius 3 is 2.71 bits per heavy atom. The summed E-state index contributed by atoms with van der Waals surface area (Å²) in [4.78, 5) is 23.5. The van der Waals surface area contributed by atoms with Gasteiger partial charge in [0.05, 0.1) is 17.7 Å². The number of hydrogen-bond donors (Lipinski definition) is 3. The Balaban J connectivity index is 1.60. The second-order valence-corrected chi connectivity index (χ2v) is 5.87. The van der Waals surface area contributed by atoms with Crippen molar-refractivity contribution in [1.29, 1.82) is 0 Å². The first-order valence-corrected chi connectivity index (χ1v) is 7.25. The molecule has 0 atom stereocenters. The summed E-state index contributed by atoms with van der Waals surface area (Å²) in [7, 11) is 0. The average Bonchev–Trinajstić information content (AvgIpc) is 3.03. The Kier molecular flexibility index (Phi) is 3.62. The van der Waals surface area contributed by atoms with Gasteiger partial charge < -0.3 is 15.7 Å². The second kappa shape index (κ2) is 5.44. The SMILES string of the molecule is O=C(NCC1(C(=O)O)CCCC1)c1cn(C2CNC2)nn1. The van der Waals surface area contributed by atoms with Crippen LogP contribution in [0, 0.1) is 5.41 Å². The smallest absolute Gasteiger partial charge is 0.311 e. The van der Waals surface area contributed by atoms with Crippen molar-refractivity contribution in [3.63, 3.8) is 0 Å². The maximum atomic E-state index is 12.1. The van der Waals surface area contributed by atoms with Crippen molar-refractivity contribution in [1.82, 2.24) is 25.6 Å². The van der Waals surface area contributed by atoms with Gasteiger partial charge in [0.1, 0.15) is 0 Å². The maximum absolute atomic E-state index is 12.1. The van der Waals surface area contributed by atoms with Crippen molar-refractivity contribution in [2.75, 3.05) is 19.6 Å². The number of aliphatic carboxylic acids is 1. The fourth-order valence-corrected chi connectivity index (χ4v) is 2.88. The van der Waals surface area contributed by atoms with E-state index in [0.29, 0.717) is 12.8 Å². The predicted molar refractivity (Wildman–Crippen MR) is 72.8 cm³/mol. The highest BCUT2D eigenvalue weighted by atomic mass is 16.4. The first-order valence-electron chi connectivity index (χ1n) is 7.25. The highest BCUT2D eigenvalue weighted by molar-refractivity contribution is 5.92. The van der Waals surface area contributed by atoms with E-state index in [1.807, 2.05) is 0 Å². The Morgan fingerprint density at radius 2 is 2.14 bits per heavy atom. The molecule has 1 aromatic heterocycles. The fraction of sp³-hybridized carbons (Fsp3) is 0.692. The Bertz CT molecular complexity index is 546. The molecule has 1 amide bonds. The Morgan fingerprint density at radius 1 is 1.43 bits per heavy atom. The minimum Gasteiger partial charge on any atom is -0.481 e. The normalized spacial score (nSPS) is 21.0. The van der Waals surface area contributed by atoms with E-state index >= 15 is 0 Å². The molecule has 3 N–H and O–H groups in total. The van der Waals surface area contributed by atoms with Gasteiger partial charge in [0.25, 0.3) is 5.91 Å². The van der Waals surface area contributed by atoms with Crippen LogP contribution in [0.5, 0.6) is 0 Å². The lowest BCUT2D eigenvalue weighted by molar-refractivity contribution is -0.148. The van der Waals surface area contributed by atoms with Crippen LogP contribution in [-0.4, -0.2) is 51.6 Å². The van der Waals surface area contributed by atoms with Crippen LogP contribution in [0.1, 0.15) is 42.2 Å². The van der Waals surface area contributed by atoms with Crippen molar-refractivity contribution in [2.45, 2.75) is 31.7 Å². The van der Waals surface area contributed by atoms with Crippen molar-refractivity contribution in [3.8, 4) is 0 Å². The monoisotopic (exact) mass is 293 g/mol. The van der Waals surface area contributed by atoms with Gasteiger partial charge in [0.2, 0.25) is 0 Å². The Labute approximate surface area is 121 Å². The standard InChI is InChI=1S/C13H19N5O3/c19-11(10-7-18(17-16-10)9-5-14-6-9)15-8-13(12(20)21)3-1-2-4-13/h7,9,14H,1-6,8H2,(H,15,19)(H,20,21). The van der Waals surface area contributed by atoms with E-state index in [2.05, 4.69) is 20.9 Å². The summed E-state index contributed by atoms with van der Waals surface area (Å²) >= 11 is 0. The van der Waals surface area contributed by atoms with E-state index in [0.717, 1.165) is 25.9 Å². The predicted octanol–water partition coefficient (Wildman–Crippen LogP) is -0.203. The molecule has 2 aliphatic rings. The van der Waals surface area contributed by atoms with Crippen LogP contribution in [0.15, 0.2) is 6.20 Å². The number of carboxylic acid groups (broad SMARTS) is 1. The third-order valence-corrected chi connectivity index (χ3v) is 4.48. The summed E-state index contributed by atoms with van der Waals surface area (Å²) < 4.78 is 1.67. The molecule has 3 rings (SSSR count). The molecule has 1 saturated heterocycles. The molecular formula is C13H19N5O3. The third-order valence-electron chi connectivity index (χ3n) is 4.48. The number of amides is 1. The molecule has 1 saturated carbocycles. The number of rotatable bonds is 5. The molecule has 1 aliphatic heterocycles. The molecule has 0 radical (unpaired) electrons. The van der Waals surface area contributed by atoms with Crippen LogP contribution in [0.2, 0.25) is 0 Å². The van der Waals surface area contributed by atoms with Crippen molar-refractivity contribution in [3.05, 3.63) is 11.9 Å². The van der Waals surface area contributed by atoms with Crippen LogP contribution in [0.25, 0.3) is 0 Å². The highest BCUT2D eigenvalue weighted by Gasteiger charge is 2.41. The number of nitrogens with one attached hydrogen (secondary N) is 2. The quantitative estimate of drug-likeness (QED) is 0.693.